The zero-order valence-corrected chi connectivity index (χ0v) is 9.90. The highest BCUT2D eigenvalue weighted by Gasteiger charge is 2.10. The summed E-state index contributed by atoms with van der Waals surface area (Å²) in [6.45, 7) is 7.88. The fourth-order valence-corrected chi connectivity index (χ4v) is 1.42. The van der Waals surface area contributed by atoms with E-state index < -0.39 is 0 Å². The number of nitrogens with zero attached hydrogens (tertiary/aromatic N) is 1. The Labute approximate surface area is 97.1 Å². The van der Waals surface area contributed by atoms with Crippen molar-refractivity contribution in [3.05, 3.63) is 42.6 Å². The van der Waals surface area contributed by atoms with Gasteiger partial charge in [0, 0.05) is 17.8 Å². The summed E-state index contributed by atoms with van der Waals surface area (Å²) in [5.41, 5.74) is 11.4. The summed E-state index contributed by atoms with van der Waals surface area (Å²) in [7, 11) is 0. The van der Waals surface area contributed by atoms with Crippen molar-refractivity contribution < 1.29 is 0 Å². The Morgan fingerprint density at radius 2 is 2.12 bits per heavy atom. The number of rotatable bonds is 5. The van der Waals surface area contributed by atoms with Crippen LogP contribution in [0.3, 0.4) is 0 Å². The predicted octanol–water partition coefficient (Wildman–Crippen LogP) is 2.75. The van der Waals surface area contributed by atoms with Crippen LogP contribution >= 0.6 is 0 Å². The lowest BCUT2D eigenvalue weighted by atomic mass is 9.96. The van der Waals surface area contributed by atoms with Crippen LogP contribution in [0.1, 0.15) is 25.8 Å². The fraction of sp³-hybridized carbons (Fsp3) is 0.308. The summed E-state index contributed by atoms with van der Waals surface area (Å²) >= 11 is 0. The average molecular weight is 217 g/mol. The zero-order valence-electron chi connectivity index (χ0n) is 9.90. The Kier molecular flexibility index (Phi) is 4.58. The molecule has 1 aromatic carbocycles. The van der Waals surface area contributed by atoms with E-state index in [-0.39, 0.29) is 0 Å². The first-order chi connectivity index (χ1) is 7.69. The number of nitrogens with one attached hydrogen (secondary N) is 1. The molecular weight excluding hydrogens is 198 g/mol. The second-order valence-corrected chi connectivity index (χ2v) is 3.76. The number of benzene rings is 1. The molecular formula is C13H19N3. The van der Waals surface area contributed by atoms with Crippen LogP contribution in [0.15, 0.2) is 42.1 Å². The smallest absolute Gasteiger partial charge is 0.0707 e. The van der Waals surface area contributed by atoms with Crippen LogP contribution in [0.4, 0.5) is 5.69 Å². The van der Waals surface area contributed by atoms with Crippen molar-refractivity contribution in [1.29, 1.82) is 0 Å². The molecule has 1 aromatic rings. The molecule has 0 spiro atoms. The first-order valence-corrected chi connectivity index (χ1v) is 5.49. The van der Waals surface area contributed by atoms with E-state index >= 15 is 0 Å². The van der Waals surface area contributed by atoms with Crippen molar-refractivity contribution in [1.82, 2.24) is 5.43 Å². The topological polar surface area (TPSA) is 50.4 Å². The summed E-state index contributed by atoms with van der Waals surface area (Å²) in [5.74, 6) is 0.399. The molecule has 86 valence electrons. The van der Waals surface area contributed by atoms with Gasteiger partial charge in [0.2, 0.25) is 0 Å². The quantitative estimate of drug-likeness (QED) is 0.452. The van der Waals surface area contributed by atoms with Crippen LogP contribution in [0.5, 0.6) is 0 Å². The van der Waals surface area contributed by atoms with E-state index in [4.69, 9.17) is 5.73 Å². The maximum Gasteiger partial charge on any atom is 0.0707 e. The molecule has 3 nitrogen and oxygen atoms in total. The van der Waals surface area contributed by atoms with Gasteiger partial charge in [0.05, 0.1) is 5.71 Å². The second kappa shape index (κ2) is 5.95. The van der Waals surface area contributed by atoms with Crippen molar-refractivity contribution >= 4 is 11.4 Å². The summed E-state index contributed by atoms with van der Waals surface area (Å²) in [5, 5.41) is 4.32. The molecule has 3 heteroatoms. The normalized spacial score (nSPS) is 13.2. The Bertz CT molecular complexity index is 365. The van der Waals surface area contributed by atoms with Gasteiger partial charge in [-0.3, -0.25) is 5.43 Å². The molecule has 0 amide bonds. The highest BCUT2D eigenvalue weighted by Crippen LogP contribution is 2.14. The molecule has 1 rings (SSSR count). The summed E-state index contributed by atoms with van der Waals surface area (Å²) in [4.78, 5) is 0. The predicted molar refractivity (Wildman–Crippen MR) is 70.2 cm³/mol. The number of hydrogen-bond acceptors (Lipinski definition) is 3. The van der Waals surface area contributed by atoms with Gasteiger partial charge in [-0.2, -0.15) is 5.10 Å². The Hall–Kier alpha value is -1.77. The van der Waals surface area contributed by atoms with Crippen molar-refractivity contribution in [2.75, 3.05) is 5.73 Å². The molecule has 1 unspecified atom stereocenters. The van der Waals surface area contributed by atoms with E-state index in [1.54, 1.807) is 6.20 Å². The van der Waals surface area contributed by atoms with Crippen LogP contribution < -0.4 is 11.2 Å². The molecule has 0 heterocycles. The SMILES string of the molecule is C=CN/N=C(/c1ccc(N)cc1)C(C)CC. The lowest BCUT2D eigenvalue weighted by molar-refractivity contribution is 0.729. The minimum absolute atomic E-state index is 0.399. The van der Waals surface area contributed by atoms with Crippen molar-refractivity contribution in [2.24, 2.45) is 11.0 Å². The molecule has 0 saturated heterocycles. The van der Waals surface area contributed by atoms with Gasteiger partial charge >= 0.3 is 0 Å². The Morgan fingerprint density at radius 1 is 1.50 bits per heavy atom. The van der Waals surface area contributed by atoms with Crippen molar-refractivity contribution in [2.45, 2.75) is 20.3 Å². The minimum atomic E-state index is 0.399. The minimum Gasteiger partial charge on any atom is -0.399 e. The molecule has 3 N–H and O–H groups in total. The molecule has 16 heavy (non-hydrogen) atoms. The van der Waals surface area contributed by atoms with Gasteiger partial charge in [-0.05, 0) is 24.1 Å². The van der Waals surface area contributed by atoms with Crippen LogP contribution in [0.2, 0.25) is 0 Å². The first kappa shape index (κ1) is 12.3. The van der Waals surface area contributed by atoms with Gasteiger partial charge in [-0.25, -0.2) is 0 Å². The highest BCUT2D eigenvalue weighted by molar-refractivity contribution is 6.02. The number of nitrogen functional groups attached to an aromatic ring is 1. The van der Waals surface area contributed by atoms with Gasteiger partial charge in [-0.15, -0.1) is 0 Å². The lowest BCUT2D eigenvalue weighted by Crippen LogP contribution is -2.15. The third-order valence-electron chi connectivity index (χ3n) is 2.56. The maximum absolute atomic E-state index is 5.66. The highest BCUT2D eigenvalue weighted by atomic mass is 15.3. The summed E-state index contributed by atoms with van der Waals surface area (Å²) < 4.78 is 0. The van der Waals surface area contributed by atoms with E-state index in [9.17, 15) is 0 Å². The third-order valence-corrected chi connectivity index (χ3v) is 2.56. The standard InChI is InChI=1S/C13H19N3/c1-4-10(3)13(16-15-5-2)11-6-8-12(14)9-7-11/h5-10,15H,2,4,14H2,1,3H3/b16-13+. The monoisotopic (exact) mass is 217 g/mol. The number of anilines is 1. The molecule has 0 saturated carbocycles. The molecule has 0 aliphatic heterocycles. The molecule has 0 fully saturated rings. The zero-order chi connectivity index (χ0) is 12.0. The van der Waals surface area contributed by atoms with Crippen LogP contribution in [-0.4, -0.2) is 5.71 Å². The van der Waals surface area contributed by atoms with E-state index in [2.05, 4.69) is 31.0 Å². The van der Waals surface area contributed by atoms with E-state index in [0.717, 1.165) is 23.4 Å². The molecule has 0 bridgehead atoms. The summed E-state index contributed by atoms with van der Waals surface area (Å²) in [6.07, 6.45) is 2.61. The molecule has 0 aliphatic carbocycles. The lowest BCUT2D eigenvalue weighted by Gasteiger charge is -2.13. The van der Waals surface area contributed by atoms with Gasteiger partial charge in [-0.1, -0.05) is 32.6 Å². The Morgan fingerprint density at radius 3 is 2.62 bits per heavy atom. The van der Waals surface area contributed by atoms with Gasteiger partial charge in [0.25, 0.3) is 0 Å². The van der Waals surface area contributed by atoms with Crippen LogP contribution in [0.25, 0.3) is 0 Å². The molecule has 0 aromatic heterocycles. The van der Waals surface area contributed by atoms with Gasteiger partial charge in [0.1, 0.15) is 0 Å². The molecule has 1 atom stereocenters. The number of hydrazone groups is 1. The summed E-state index contributed by atoms with van der Waals surface area (Å²) in [6, 6.07) is 7.76. The molecule has 0 aliphatic rings. The third kappa shape index (κ3) is 3.12. The average Bonchev–Trinajstić information content (AvgIpc) is 2.31. The van der Waals surface area contributed by atoms with Crippen LogP contribution in [0, 0.1) is 5.92 Å². The first-order valence-electron chi connectivity index (χ1n) is 5.49. The molecule has 0 radical (unpaired) electrons. The largest absolute Gasteiger partial charge is 0.399 e. The van der Waals surface area contributed by atoms with E-state index in [1.807, 2.05) is 24.3 Å². The van der Waals surface area contributed by atoms with E-state index in [1.165, 1.54) is 0 Å². The second-order valence-electron chi connectivity index (χ2n) is 3.76. The number of nitrogens with two attached hydrogens (primary N) is 1. The van der Waals surface area contributed by atoms with Gasteiger partial charge < -0.3 is 5.73 Å². The fourth-order valence-electron chi connectivity index (χ4n) is 1.42. The van der Waals surface area contributed by atoms with Crippen molar-refractivity contribution in [3.8, 4) is 0 Å². The van der Waals surface area contributed by atoms with Gasteiger partial charge in [0.15, 0.2) is 0 Å². The van der Waals surface area contributed by atoms with Crippen molar-refractivity contribution in [3.63, 3.8) is 0 Å². The Balaban J connectivity index is 3.00. The van der Waals surface area contributed by atoms with Crippen LogP contribution in [-0.2, 0) is 0 Å². The van der Waals surface area contributed by atoms with E-state index in [0.29, 0.717) is 5.92 Å². The maximum atomic E-state index is 5.66. The number of hydrogen-bond donors (Lipinski definition) is 2.